The lowest BCUT2D eigenvalue weighted by molar-refractivity contribution is -0.253. The number of allylic oxidation sites excluding steroid dienone is 1. The van der Waals surface area contributed by atoms with Gasteiger partial charge < -0.3 is 0 Å². The van der Waals surface area contributed by atoms with Crippen molar-refractivity contribution in [3.05, 3.63) is 69.8 Å². The van der Waals surface area contributed by atoms with E-state index in [1.54, 1.807) is 0 Å². The van der Waals surface area contributed by atoms with Gasteiger partial charge in [0, 0.05) is 0 Å². The van der Waals surface area contributed by atoms with Gasteiger partial charge in [-0.25, -0.2) is 4.89 Å². The number of aryl methyl sites for hydroxylation is 1. The lowest BCUT2D eigenvalue weighted by atomic mass is 9.63. The van der Waals surface area contributed by atoms with Crippen molar-refractivity contribution < 1.29 is 10.1 Å². The molecule has 0 saturated heterocycles. The van der Waals surface area contributed by atoms with Gasteiger partial charge in [-0.3, -0.25) is 5.26 Å². The minimum absolute atomic E-state index is 0.239. The van der Waals surface area contributed by atoms with Crippen LogP contribution < -0.4 is 0 Å². The molecule has 28 heavy (non-hydrogen) atoms. The van der Waals surface area contributed by atoms with Crippen molar-refractivity contribution in [1.82, 2.24) is 0 Å². The summed E-state index contributed by atoms with van der Waals surface area (Å²) in [4.78, 5) is 4.32. The minimum atomic E-state index is 0.239. The van der Waals surface area contributed by atoms with E-state index in [0.29, 0.717) is 0 Å². The van der Waals surface area contributed by atoms with E-state index < -0.39 is 0 Å². The van der Waals surface area contributed by atoms with E-state index in [4.69, 9.17) is 5.26 Å². The first-order chi connectivity index (χ1) is 13.3. The molecule has 2 aliphatic rings. The van der Waals surface area contributed by atoms with Gasteiger partial charge in [0.25, 0.3) is 0 Å². The summed E-state index contributed by atoms with van der Waals surface area (Å²) >= 11 is 0. The van der Waals surface area contributed by atoms with Crippen LogP contribution >= 0.6 is 0 Å². The molecule has 0 aromatic heterocycles. The highest BCUT2D eigenvalue weighted by molar-refractivity contribution is 5.84. The fraction of sp³-hybridized carbons (Fsp3) is 0.462. The molecule has 2 aromatic carbocycles. The molecule has 0 amide bonds. The second-order valence-electron chi connectivity index (χ2n) is 9.86. The monoisotopic (exact) mass is 376 g/mol. The topological polar surface area (TPSA) is 29.5 Å². The van der Waals surface area contributed by atoms with Crippen LogP contribution in [0.2, 0.25) is 0 Å². The third-order valence-electron chi connectivity index (χ3n) is 6.86. The van der Waals surface area contributed by atoms with Gasteiger partial charge in [0.15, 0.2) is 0 Å². The molecule has 0 bridgehead atoms. The van der Waals surface area contributed by atoms with E-state index in [1.165, 1.54) is 52.7 Å². The maximum absolute atomic E-state index is 8.74. The summed E-state index contributed by atoms with van der Waals surface area (Å²) in [7, 11) is 0. The van der Waals surface area contributed by atoms with E-state index in [-0.39, 0.29) is 17.4 Å². The molecule has 0 heterocycles. The highest BCUT2D eigenvalue weighted by atomic mass is 17.1. The Kier molecular flexibility index (Phi) is 4.97. The molecule has 2 heteroatoms. The van der Waals surface area contributed by atoms with E-state index in [0.717, 1.165) is 18.4 Å². The van der Waals surface area contributed by atoms with Crippen molar-refractivity contribution in [2.24, 2.45) is 0 Å². The maximum Gasteiger partial charge on any atom is 0.107 e. The summed E-state index contributed by atoms with van der Waals surface area (Å²) in [6.07, 6.45) is 8.27. The third-order valence-corrected chi connectivity index (χ3v) is 6.86. The number of rotatable bonds is 3. The van der Waals surface area contributed by atoms with Crippen LogP contribution in [-0.2, 0) is 28.7 Å². The minimum Gasteiger partial charge on any atom is -0.251 e. The quantitative estimate of drug-likeness (QED) is 0.466. The zero-order chi connectivity index (χ0) is 19.9. The third kappa shape index (κ3) is 3.56. The molecule has 2 aromatic rings. The van der Waals surface area contributed by atoms with Gasteiger partial charge in [-0.05, 0) is 81.9 Å². The largest absolute Gasteiger partial charge is 0.251 e. The molecular weight excluding hydrogens is 344 g/mol. The van der Waals surface area contributed by atoms with Gasteiger partial charge in [0.05, 0.1) is 0 Å². The molecule has 4 rings (SSSR count). The van der Waals surface area contributed by atoms with Crippen molar-refractivity contribution in [1.29, 1.82) is 0 Å². The summed E-state index contributed by atoms with van der Waals surface area (Å²) in [5.41, 5.74) is 10.0. The molecule has 0 saturated carbocycles. The zero-order valence-corrected chi connectivity index (χ0v) is 17.6. The Hall–Kier alpha value is -1.90. The first kappa shape index (κ1) is 19.4. The van der Waals surface area contributed by atoms with Crippen molar-refractivity contribution in [3.8, 4) is 0 Å². The molecule has 0 aliphatic heterocycles. The predicted molar refractivity (Wildman–Crippen MR) is 116 cm³/mol. The molecule has 0 unspecified atom stereocenters. The molecular formula is C26H32O2. The second-order valence-corrected chi connectivity index (χ2v) is 9.86. The lowest BCUT2D eigenvalue weighted by Crippen LogP contribution is -2.33. The van der Waals surface area contributed by atoms with Crippen LogP contribution in [-0.4, -0.2) is 5.26 Å². The van der Waals surface area contributed by atoms with Crippen molar-refractivity contribution in [2.45, 2.75) is 77.2 Å². The van der Waals surface area contributed by atoms with Crippen LogP contribution in [0, 0.1) is 0 Å². The van der Waals surface area contributed by atoms with Gasteiger partial charge in [-0.15, -0.1) is 0 Å². The van der Waals surface area contributed by atoms with Crippen LogP contribution in [0.3, 0.4) is 0 Å². The van der Waals surface area contributed by atoms with Crippen molar-refractivity contribution in [3.63, 3.8) is 0 Å². The molecule has 0 radical (unpaired) electrons. The Bertz CT molecular complexity index is 918. The smallest absolute Gasteiger partial charge is 0.107 e. The predicted octanol–water partition coefficient (Wildman–Crippen LogP) is 6.90. The van der Waals surface area contributed by atoms with Gasteiger partial charge in [0.1, 0.15) is 6.61 Å². The first-order valence-corrected chi connectivity index (χ1v) is 10.5. The van der Waals surface area contributed by atoms with Gasteiger partial charge in [-0.1, -0.05) is 70.2 Å². The standard InChI is InChI=1S/C26H32O2/c1-25(2)12-13-26(3,4)24-16-18(9-11-23(24)25)14-20-6-5-7-21-15-19(17-28-27)8-10-22(20)21/h8-11,14-16,27H,5-7,12-13,17H2,1-4H3/b20-14-. The Morgan fingerprint density at radius 2 is 1.68 bits per heavy atom. The summed E-state index contributed by atoms with van der Waals surface area (Å²) in [5, 5.41) is 8.74. The summed E-state index contributed by atoms with van der Waals surface area (Å²) in [6, 6.07) is 13.5. The van der Waals surface area contributed by atoms with Crippen molar-refractivity contribution >= 4 is 11.6 Å². The molecule has 0 atom stereocenters. The van der Waals surface area contributed by atoms with E-state index in [9.17, 15) is 0 Å². The van der Waals surface area contributed by atoms with E-state index in [2.05, 4.69) is 75.1 Å². The molecule has 2 aliphatic carbocycles. The van der Waals surface area contributed by atoms with Crippen LogP contribution in [0.1, 0.15) is 86.8 Å². The summed E-state index contributed by atoms with van der Waals surface area (Å²) in [5.74, 6) is 0. The molecule has 0 fully saturated rings. The SMILES string of the molecule is CC1(C)CCC(C)(C)c2cc(/C=C3/CCCc4cc(COO)ccc43)ccc21. The first-order valence-electron chi connectivity index (χ1n) is 10.5. The second kappa shape index (κ2) is 7.17. The average molecular weight is 377 g/mol. The molecule has 148 valence electrons. The zero-order valence-electron chi connectivity index (χ0n) is 17.6. The van der Waals surface area contributed by atoms with Crippen molar-refractivity contribution in [2.75, 3.05) is 0 Å². The highest BCUT2D eigenvalue weighted by Gasteiger charge is 2.36. The van der Waals surface area contributed by atoms with E-state index >= 15 is 0 Å². The summed E-state index contributed by atoms with van der Waals surface area (Å²) in [6.45, 7) is 9.79. The lowest BCUT2D eigenvalue weighted by Gasteiger charge is -2.42. The molecule has 1 N–H and O–H groups in total. The van der Waals surface area contributed by atoms with Gasteiger partial charge in [-0.2, -0.15) is 0 Å². The fourth-order valence-electron chi connectivity index (χ4n) is 4.98. The number of hydrogen-bond donors (Lipinski definition) is 1. The van der Waals surface area contributed by atoms with E-state index in [1.807, 2.05) is 0 Å². The highest BCUT2D eigenvalue weighted by Crippen LogP contribution is 2.46. The number of hydrogen-bond acceptors (Lipinski definition) is 2. The summed E-state index contributed by atoms with van der Waals surface area (Å²) < 4.78 is 0. The maximum atomic E-state index is 8.74. The Balaban J connectivity index is 1.73. The van der Waals surface area contributed by atoms with Gasteiger partial charge >= 0.3 is 0 Å². The Morgan fingerprint density at radius 1 is 0.929 bits per heavy atom. The number of fused-ring (bicyclic) bond motifs is 2. The van der Waals surface area contributed by atoms with Gasteiger partial charge in [0.2, 0.25) is 0 Å². The normalized spacial score (nSPS) is 21.2. The Labute approximate surface area is 169 Å². The van der Waals surface area contributed by atoms with Crippen LogP contribution in [0.15, 0.2) is 36.4 Å². The fourth-order valence-corrected chi connectivity index (χ4v) is 4.98. The molecule has 2 nitrogen and oxygen atoms in total. The van der Waals surface area contributed by atoms with Crippen LogP contribution in [0.4, 0.5) is 0 Å². The van der Waals surface area contributed by atoms with Crippen LogP contribution in [0.25, 0.3) is 11.6 Å². The average Bonchev–Trinajstić information content (AvgIpc) is 2.66. The van der Waals surface area contributed by atoms with Crippen LogP contribution in [0.5, 0.6) is 0 Å². The number of benzene rings is 2. The Morgan fingerprint density at radius 3 is 2.43 bits per heavy atom. The molecule has 0 spiro atoms.